The molecular weight excluding hydrogens is 468 g/mol. The molecule has 8 nitrogen and oxygen atoms in total. The van der Waals surface area contributed by atoms with Gasteiger partial charge in [-0.2, -0.15) is 0 Å². The van der Waals surface area contributed by atoms with E-state index in [4.69, 9.17) is 5.73 Å². The number of fused-ring (bicyclic) bond motifs is 1. The predicted octanol–water partition coefficient (Wildman–Crippen LogP) is 4.10. The third kappa shape index (κ3) is 4.22. The number of thiophene rings is 1. The molecule has 1 aromatic carbocycles. The fourth-order valence-electron chi connectivity index (χ4n) is 4.02. The van der Waals surface area contributed by atoms with E-state index in [1.54, 1.807) is 19.3 Å². The number of hydrogen-bond acceptors (Lipinski definition) is 7. The van der Waals surface area contributed by atoms with Crippen molar-refractivity contribution in [3.8, 4) is 17.1 Å². The molecule has 0 saturated heterocycles. The summed E-state index contributed by atoms with van der Waals surface area (Å²) in [6.07, 6.45) is 6.18. The average molecular weight is 491 g/mol. The van der Waals surface area contributed by atoms with Crippen LogP contribution in [0.2, 0.25) is 0 Å². The highest BCUT2D eigenvalue weighted by molar-refractivity contribution is 8.00. The molecule has 10 heteroatoms. The second kappa shape index (κ2) is 9.40. The number of rotatable bonds is 7. The van der Waals surface area contributed by atoms with Gasteiger partial charge in [0.25, 0.3) is 5.91 Å². The SMILES string of the molecule is CC(Sc1nnc(-c2cccnc2)n1-c1ccccc1)C(=O)Nc1sc2c(c1C(N)=O)CCC2. The molecule has 1 aliphatic carbocycles. The number of para-hydroxylation sites is 1. The van der Waals surface area contributed by atoms with Gasteiger partial charge in [0.15, 0.2) is 11.0 Å². The molecule has 0 saturated carbocycles. The van der Waals surface area contributed by atoms with Crippen molar-refractivity contribution in [2.45, 2.75) is 36.6 Å². The maximum atomic E-state index is 13.1. The molecule has 0 fully saturated rings. The van der Waals surface area contributed by atoms with Crippen molar-refractivity contribution in [1.29, 1.82) is 0 Å². The number of aryl methyl sites for hydroxylation is 1. The van der Waals surface area contributed by atoms with Gasteiger partial charge in [-0.05, 0) is 56.0 Å². The Morgan fingerprint density at radius 2 is 1.97 bits per heavy atom. The first-order valence-electron chi connectivity index (χ1n) is 10.9. The summed E-state index contributed by atoms with van der Waals surface area (Å²) < 4.78 is 1.92. The summed E-state index contributed by atoms with van der Waals surface area (Å²) in [4.78, 5) is 30.5. The molecule has 3 N–H and O–H groups in total. The van der Waals surface area contributed by atoms with Gasteiger partial charge in [-0.15, -0.1) is 21.5 Å². The third-order valence-corrected chi connectivity index (χ3v) is 7.87. The normalized spacial score (nSPS) is 13.4. The Bertz CT molecular complexity index is 1350. The lowest BCUT2D eigenvalue weighted by atomic mass is 10.1. The van der Waals surface area contributed by atoms with Crippen LogP contribution < -0.4 is 11.1 Å². The van der Waals surface area contributed by atoms with E-state index in [1.807, 2.05) is 47.0 Å². The molecule has 1 aliphatic rings. The number of benzene rings is 1. The second-order valence-electron chi connectivity index (χ2n) is 7.89. The fourth-order valence-corrected chi connectivity index (χ4v) is 6.18. The fraction of sp³-hybridized carbons (Fsp3) is 0.208. The van der Waals surface area contributed by atoms with E-state index in [-0.39, 0.29) is 5.91 Å². The number of hydrogen-bond donors (Lipinski definition) is 2. The number of nitrogens with one attached hydrogen (secondary N) is 1. The zero-order valence-electron chi connectivity index (χ0n) is 18.4. The number of nitrogens with two attached hydrogens (primary N) is 1. The number of amides is 2. The van der Waals surface area contributed by atoms with E-state index >= 15 is 0 Å². The van der Waals surface area contributed by atoms with E-state index < -0.39 is 11.2 Å². The standard InChI is InChI=1S/C24H22N6O2S2/c1-14(22(32)27-23-19(20(25)31)17-10-5-11-18(17)34-23)33-24-29-28-21(15-7-6-12-26-13-15)30(24)16-8-3-2-4-9-16/h2-4,6-9,12-14H,5,10-11H2,1H3,(H2,25,31)(H,27,32). The summed E-state index contributed by atoms with van der Waals surface area (Å²) in [5, 5.41) is 12.3. The summed E-state index contributed by atoms with van der Waals surface area (Å²) in [5.74, 6) is -0.0852. The molecule has 3 heterocycles. The molecule has 1 unspecified atom stereocenters. The van der Waals surface area contributed by atoms with Gasteiger partial charge in [0.1, 0.15) is 5.00 Å². The third-order valence-electron chi connectivity index (χ3n) is 5.62. The van der Waals surface area contributed by atoms with E-state index in [0.717, 1.165) is 41.0 Å². The van der Waals surface area contributed by atoms with Crippen molar-refractivity contribution >= 4 is 39.9 Å². The molecule has 34 heavy (non-hydrogen) atoms. The van der Waals surface area contributed by atoms with Gasteiger partial charge < -0.3 is 11.1 Å². The Hall–Kier alpha value is -3.50. The zero-order chi connectivity index (χ0) is 23.7. The van der Waals surface area contributed by atoms with Gasteiger partial charge in [-0.1, -0.05) is 30.0 Å². The molecule has 172 valence electrons. The quantitative estimate of drug-likeness (QED) is 0.377. The van der Waals surface area contributed by atoms with Crippen LogP contribution in [0.25, 0.3) is 17.1 Å². The van der Waals surface area contributed by atoms with Crippen LogP contribution >= 0.6 is 23.1 Å². The van der Waals surface area contributed by atoms with E-state index in [2.05, 4.69) is 20.5 Å². The number of carbonyl (C=O) groups is 2. The van der Waals surface area contributed by atoms with Crippen molar-refractivity contribution in [2.75, 3.05) is 5.32 Å². The number of nitrogens with zero attached hydrogens (tertiary/aromatic N) is 4. The van der Waals surface area contributed by atoms with Crippen LogP contribution in [0.4, 0.5) is 5.00 Å². The largest absolute Gasteiger partial charge is 0.365 e. The number of thioether (sulfide) groups is 1. The lowest BCUT2D eigenvalue weighted by molar-refractivity contribution is -0.115. The summed E-state index contributed by atoms with van der Waals surface area (Å²) in [6, 6.07) is 13.5. The van der Waals surface area contributed by atoms with Crippen molar-refractivity contribution in [1.82, 2.24) is 19.7 Å². The van der Waals surface area contributed by atoms with E-state index in [0.29, 0.717) is 21.5 Å². The van der Waals surface area contributed by atoms with Gasteiger partial charge in [0, 0.05) is 28.5 Å². The van der Waals surface area contributed by atoms with Crippen LogP contribution in [0, 0.1) is 0 Å². The highest BCUT2D eigenvalue weighted by Crippen LogP contribution is 2.39. The van der Waals surface area contributed by atoms with Crippen molar-refractivity contribution in [3.63, 3.8) is 0 Å². The first-order chi connectivity index (χ1) is 16.5. The first-order valence-corrected chi connectivity index (χ1v) is 12.6. The minimum absolute atomic E-state index is 0.224. The summed E-state index contributed by atoms with van der Waals surface area (Å²) in [7, 11) is 0. The van der Waals surface area contributed by atoms with E-state index in [9.17, 15) is 9.59 Å². The number of pyridine rings is 1. The van der Waals surface area contributed by atoms with Crippen LogP contribution in [0.3, 0.4) is 0 Å². The monoisotopic (exact) mass is 490 g/mol. The second-order valence-corrected chi connectivity index (χ2v) is 10.3. The molecule has 2 amide bonds. The lowest BCUT2D eigenvalue weighted by Gasteiger charge is -2.14. The van der Waals surface area contributed by atoms with Crippen LogP contribution in [0.1, 0.15) is 34.1 Å². The average Bonchev–Trinajstić information content (AvgIpc) is 3.54. The molecular formula is C24H22N6O2S2. The maximum absolute atomic E-state index is 13.1. The summed E-state index contributed by atoms with van der Waals surface area (Å²) in [5.41, 5.74) is 8.77. The number of carbonyl (C=O) groups excluding carboxylic acids is 2. The molecule has 5 rings (SSSR count). The first kappa shape index (κ1) is 22.3. The Morgan fingerprint density at radius 3 is 2.71 bits per heavy atom. The van der Waals surface area contributed by atoms with Crippen molar-refractivity contribution in [2.24, 2.45) is 5.73 Å². The van der Waals surface area contributed by atoms with E-state index in [1.165, 1.54) is 23.1 Å². The minimum Gasteiger partial charge on any atom is -0.365 e. The van der Waals surface area contributed by atoms with Crippen LogP contribution in [-0.4, -0.2) is 36.8 Å². The number of primary amides is 1. The Morgan fingerprint density at radius 1 is 1.15 bits per heavy atom. The zero-order valence-corrected chi connectivity index (χ0v) is 20.0. The Kier molecular flexibility index (Phi) is 6.16. The topological polar surface area (TPSA) is 116 Å². The smallest absolute Gasteiger partial charge is 0.251 e. The Labute approximate surface area is 204 Å². The lowest BCUT2D eigenvalue weighted by Crippen LogP contribution is -2.24. The predicted molar refractivity (Wildman–Crippen MR) is 133 cm³/mol. The molecule has 0 bridgehead atoms. The highest BCUT2D eigenvalue weighted by atomic mass is 32.2. The number of aromatic nitrogens is 4. The minimum atomic E-state index is -0.500. The molecule has 4 aromatic rings. The van der Waals surface area contributed by atoms with Gasteiger partial charge in [0.05, 0.1) is 10.8 Å². The molecule has 0 radical (unpaired) electrons. The van der Waals surface area contributed by atoms with Crippen LogP contribution in [-0.2, 0) is 17.6 Å². The van der Waals surface area contributed by atoms with Crippen LogP contribution in [0.15, 0.2) is 60.0 Å². The molecule has 3 aromatic heterocycles. The Balaban J connectivity index is 1.42. The van der Waals surface area contributed by atoms with Crippen molar-refractivity contribution < 1.29 is 9.59 Å². The number of anilines is 1. The highest BCUT2D eigenvalue weighted by Gasteiger charge is 2.28. The van der Waals surface area contributed by atoms with Gasteiger partial charge >= 0.3 is 0 Å². The van der Waals surface area contributed by atoms with Gasteiger partial charge in [0.2, 0.25) is 5.91 Å². The molecule has 1 atom stereocenters. The molecule has 0 aliphatic heterocycles. The van der Waals surface area contributed by atoms with Gasteiger partial charge in [-0.25, -0.2) is 0 Å². The van der Waals surface area contributed by atoms with Gasteiger partial charge in [-0.3, -0.25) is 19.1 Å². The van der Waals surface area contributed by atoms with Crippen molar-refractivity contribution in [3.05, 3.63) is 70.9 Å². The van der Waals surface area contributed by atoms with Crippen LogP contribution in [0.5, 0.6) is 0 Å². The summed E-state index contributed by atoms with van der Waals surface area (Å²) >= 11 is 2.75. The summed E-state index contributed by atoms with van der Waals surface area (Å²) in [6.45, 7) is 1.80. The maximum Gasteiger partial charge on any atom is 0.251 e. The molecule has 0 spiro atoms.